The molecule has 0 saturated carbocycles. The van der Waals surface area contributed by atoms with E-state index in [0.717, 1.165) is 0 Å². The van der Waals surface area contributed by atoms with Gasteiger partial charge in [-0.05, 0) is 0 Å². The maximum absolute atomic E-state index is 10.3. The first-order chi connectivity index (χ1) is 4.12. The second-order valence-corrected chi connectivity index (χ2v) is 2.88. The van der Waals surface area contributed by atoms with Crippen molar-refractivity contribution in [2.75, 3.05) is 0 Å². The molecule has 5 heteroatoms. The molecule has 0 aromatic rings. The molecule has 0 aromatic carbocycles. The summed E-state index contributed by atoms with van der Waals surface area (Å²) in [7, 11) is -3.54. The molecule has 0 unspecified atom stereocenters. The van der Waals surface area contributed by atoms with Gasteiger partial charge in [0.1, 0.15) is 0 Å². The lowest BCUT2D eigenvalue weighted by Crippen LogP contribution is -1.86. The molecule has 2 N–H and O–H groups in total. The Labute approximate surface area is 52.7 Å². The van der Waals surface area contributed by atoms with Gasteiger partial charge >= 0.3 is 0 Å². The minimum atomic E-state index is -3.54. The average Bonchev–Trinajstić information content (AvgIpc) is 1.64. The van der Waals surface area contributed by atoms with Crippen molar-refractivity contribution in [2.24, 2.45) is 0 Å². The van der Waals surface area contributed by atoms with E-state index in [2.05, 4.69) is 0 Å². The maximum Gasteiger partial charge on any atom is 0.199 e. The largest absolute Gasteiger partial charge is 0.515 e. The zero-order chi connectivity index (χ0) is 7.33. The molecule has 0 bridgehead atoms. The van der Waals surface area contributed by atoms with E-state index < -0.39 is 9.84 Å². The summed E-state index contributed by atoms with van der Waals surface area (Å²) in [5.41, 5.74) is 0. The molecule has 9 heavy (non-hydrogen) atoms. The van der Waals surface area contributed by atoms with E-state index >= 15 is 0 Å². The van der Waals surface area contributed by atoms with Gasteiger partial charge < -0.3 is 10.2 Å². The molecule has 0 aliphatic heterocycles. The smallest absolute Gasteiger partial charge is 0.199 e. The Morgan fingerprint density at radius 2 is 1.33 bits per heavy atom. The lowest BCUT2D eigenvalue weighted by atomic mass is 11.2. The van der Waals surface area contributed by atoms with E-state index in [-0.39, 0.29) is 0 Å². The molecule has 0 aliphatic rings. The van der Waals surface area contributed by atoms with Crippen LogP contribution in [0, 0.1) is 0 Å². The van der Waals surface area contributed by atoms with Gasteiger partial charge in [0.2, 0.25) is 0 Å². The minimum Gasteiger partial charge on any atom is -0.515 e. The Morgan fingerprint density at radius 3 is 1.56 bits per heavy atom. The van der Waals surface area contributed by atoms with Gasteiger partial charge in [-0.15, -0.1) is 0 Å². The van der Waals surface area contributed by atoms with Crippen molar-refractivity contribution in [1.29, 1.82) is 0 Å². The summed E-state index contributed by atoms with van der Waals surface area (Å²) in [6.07, 6.45) is 0.769. The zero-order valence-electron chi connectivity index (χ0n) is 4.43. The van der Waals surface area contributed by atoms with Gasteiger partial charge in [-0.3, -0.25) is 0 Å². The van der Waals surface area contributed by atoms with E-state index in [4.69, 9.17) is 10.2 Å². The number of aliphatic hydroxyl groups is 2. The van der Waals surface area contributed by atoms with Gasteiger partial charge in [0, 0.05) is 0 Å². The van der Waals surface area contributed by atoms with E-state index in [1.165, 1.54) is 0 Å². The van der Waals surface area contributed by atoms with Crippen molar-refractivity contribution in [2.45, 2.75) is 0 Å². The highest BCUT2D eigenvalue weighted by Gasteiger charge is 1.96. The van der Waals surface area contributed by atoms with Crippen LogP contribution in [0.2, 0.25) is 0 Å². The van der Waals surface area contributed by atoms with Crippen molar-refractivity contribution in [1.82, 2.24) is 0 Å². The molecular weight excluding hydrogens is 144 g/mol. The lowest BCUT2D eigenvalue weighted by Gasteiger charge is -1.81. The Morgan fingerprint density at radius 1 is 1.00 bits per heavy atom. The minimum absolute atomic E-state index is 0.384. The molecule has 0 aliphatic carbocycles. The third-order valence-electron chi connectivity index (χ3n) is 0.501. The van der Waals surface area contributed by atoms with Crippen LogP contribution in [0.15, 0.2) is 23.3 Å². The van der Waals surface area contributed by atoms with Crippen LogP contribution in [0.3, 0.4) is 0 Å². The first-order valence-electron chi connectivity index (χ1n) is 1.99. The molecule has 4 nitrogen and oxygen atoms in total. The second kappa shape index (κ2) is 3.13. The summed E-state index contributed by atoms with van der Waals surface area (Å²) < 4.78 is 20.7. The van der Waals surface area contributed by atoms with Crippen molar-refractivity contribution in [3.8, 4) is 0 Å². The van der Waals surface area contributed by atoms with Crippen LogP contribution in [0.5, 0.6) is 0 Å². The molecule has 52 valence electrons. The molecule has 0 radical (unpaired) electrons. The van der Waals surface area contributed by atoms with Gasteiger partial charge in [0.15, 0.2) is 9.84 Å². The normalized spacial score (nSPS) is 13.3. The number of hydrogen-bond donors (Lipinski definition) is 2. The van der Waals surface area contributed by atoms with Crippen molar-refractivity contribution >= 4 is 9.84 Å². The molecule has 0 rings (SSSR count). The first-order valence-corrected chi connectivity index (χ1v) is 3.60. The molecule has 0 saturated heterocycles. The van der Waals surface area contributed by atoms with Crippen LogP contribution in [0.4, 0.5) is 0 Å². The van der Waals surface area contributed by atoms with Crippen molar-refractivity contribution in [3.63, 3.8) is 0 Å². The van der Waals surface area contributed by atoms with Crippen LogP contribution in [0.1, 0.15) is 0 Å². The van der Waals surface area contributed by atoms with E-state index in [1.54, 1.807) is 0 Å². The van der Waals surface area contributed by atoms with Crippen molar-refractivity contribution < 1.29 is 18.6 Å². The topological polar surface area (TPSA) is 74.6 Å². The molecular formula is C4H6O4S. The summed E-state index contributed by atoms with van der Waals surface area (Å²) in [6, 6.07) is 0. The fraction of sp³-hybridized carbons (Fsp3) is 0. The van der Waals surface area contributed by atoms with Gasteiger partial charge in [-0.1, -0.05) is 0 Å². The third-order valence-corrected chi connectivity index (χ3v) is 1.50. The van der Waals surface area contributed by atoms with Crippen LogP contribution >= 0.6 is 0 Å². The highest BCUT2D eigenvalue weighted by atomic mass is 32.2. The monoisotopic (exact) mass is 150 g/mol. The summed E-state index contributed by atoms with van der Waals surface area (Å²) in [5.74, 6) is 0. The number of sulfone groups is 1. The predicted octanol–water partition coefficient (Wildman–Crippen LogP) is 0.460. The van der Waals surface area contributed by atoms with Crippen LogP contribution in [-0.4, -0.2) is 18.6 Å². The lowest BCUT2D eigenvalue weighted by molar-refractivity contribution is 0.473. The van der Waals surface area contributed by atoms with Crippen LogP contribution < -0.4 is 0 Å². The van der Waals surface area contributed by atoms with Crippen LogP contribution in [0.25, 0.3) is 0 Å². The molecule has 0 aromatic heterocycles. The highest BCUT2D eigenvalue weighted by molar-refractivity contribution is 7.97. The number of rotatable bonds is 2. The average molecular weight is 150 g/mol. The first kappa shape index (κ1) is 8.03. The number of aliphatic hydroxyl groups excluding tert-OH is 2. The standard InChI is InChI=1S/C4H6O4S/c5-1-3-9(7,8)4-2-6/h1-6H. The molecule has 0 amide bonds. The van der Waals surface area contributed by atoms with Gasteiger partial charge in [0.25, 0.3) is 0 Å². The predicted molar refractivity (Wildman–Crippen MR) is 32.5 cm³/mol. The van der Waals surface area contributed by atoms with Crippen molar-refractivity contribution in [3.05, 3.63) is 23.3 Å². The zero-order valence-corrected chi connectivity index (χ0v) is 5.25. The van der Waals surface area contributed by atoms with E-state index in [9.17, 15) is 8.42 Å². The fourth-order valence-corrected chi connectivity index (χ4v) is 0.645. The summed E-state index contributed by atoms with van der Waals surface area (Å²) >= 11 is 0. The fourth-order valence-electron chi connectivity index (χ4n) is 0.215. The SMILES string of the molecule is O=S(=O)(C=CO)C=CO. The molecule has 0 heterocycles. The summed E-state index contributed by atoms with van der Waals surface area (Å²) in [5, 5.41) is 17.0. The van der Waals surface area contributed by atoms with Gasteiger partial charge in [0.05, 0.1) is 23.3 Å². The quantitative estimate of drug-likeness (QED) is 0.561. The highest BCUT2D eigenvalue weighted by Crippen LogP contribution is 1.91. The summed E-state index contributed by atoms with van der Waals surface area (Å²) in [4.78, 5) is 0. The molecule has 0 fully saturated rings. The van der Waals surface area contributed by atoms with Gasteiger partial charge in [-0.2, -0.15) is 0 Å². The second-order valence-electron chi connectivity index (χ2n) is 1.16. The Kier molecular flexibility index (Phi) is 2.80. The number of hydrogen-bond acceptors (Lipinski definition) is 4. The Hall–Kier alpha value is -0.970. The van der Waals surface area contributed by atoms with Gasteiger partial charge in [-0.25, -0.2) is 8.42 Å². The maximum atomic E-state index is 10.3. The third kappa shape index (κ3) is 3.60. The van der Waals surface area contributed by atoms with E-state index in [1.807, 2.05) is 0 Å². The molecule has 0 spiro atoms. The Balaban J connectivity index is 4.42. The van der Waals surface area contributed by atoms with Crippen LogP contribution in [-0.2, 0) is 9.84 Å². The summed E-state index contributed by atoms with van der Waals surface area (Å²) in [6.45, 7) is 0. The molecule has 0 atom stereocenters. The Bertz CT molecular complexity index is 193. The van der Waals surface area contributed by atoms with E-state index in [0.29, 0.717) is 23.3 Å².